The molecule has 0 radical (unpaired) electrons. The third-order valence-electron chi connectivity index (χ3n) is 5.27. The Morgan fingerprint density at radius 3 is 2.97 bits per heavy atom. The first kappa shape index (κ1) is 21.2. The number of nitrogens with one attached hydrogen (secondary N) is 1. The van der Waals surface area contributed by atoms with E-state index < -0.39 is 16.8 Å². The number of hydrogen-bond acceptors (Lipinski definition) is 6. The highest BCUT2D eigenvalue weighted by Crippen LogP contribution is 2.31. The van der Waals surface area contributed by atoms with E-state index in [2.05, 4.69) is 28.2 Å². The quantitative estimate of drug-likeness (QED) is 0.743. The molecule has 1 aromatic heterocycles. The number of fused-ring (bicyclic) bond motifs is 1. The zero-order valence-electron chi connectivity index (χ0n) is 16.8. The number of aromatic nitrogens is 1. The zero-order chi connectivity index (χ0) is 21.0. The molecular weight excluding hydrogens is 386 g/mol. The number of rotatable bonds is 6. The summed E-state index contributed by atoms with van der Waals surface area (Å²) >= 11 is 0. The predicted octanol–water partition coefficient (Wildman–Crippen LogP) is 1.53. The van der Waals surface area contributed by atoms with Crippen LogP contribution in [-0.2, 0) is 15.6 Å². The molecule has 0 bridgehead atoms. The summed E-state index contributed by atoms with van der Waals surface area (Å²) in [6.45, 7) is 3.69. The van der Waals surface area contributed by atoms with E-state index in [-0.39, 0.29) is 11.9 Å². The van der Waals surface area contributed by atoms with Crippen LogP contribution in [0.2, 0.25) is 0 Å². The van der Waals surface area contributed by atoms with Gasteiger partial charge in [0, 0.05) is 59.2 Å². The molecule has 1 aliphatic rings. The minimum absolute atomic E-state index is 0.0215. The van der Waals surface area contributed by atoms with E-state index in [9.17, 15) is 14.3 Å². The molecule has 1 saturated heterocycles. The van der Waals surface area contributed by atoms with Gasteiger partial charge in [0.1, 0.15) is 6.07 Å². The van der Waals surface area contributed by atoms with Gasteiger partial charge in [-0.15, -0.1) is 0 Å². The van der Waals surface area contributed by atoms with E-state index >= 15 is 0 Å². The van der Waals surface area contributed by atoms with E-state index in [4.69, 9.17) is 5.73 Å². The number of hydrogen-bond donors (Lipinski definition) is 2. The molecule has 0 aliphatic carbocycles. The number of anilines is 1. The van der Waals surface area contributed by atoms with Gasteiger partial charge in [-0.2, -0.15) is 5.26 Å². The highest BCUT2D eigenvalue weighted by Gasteiger charge is 2.28. The Bertz CT molecular complexity index is 958. The number of pyridine rings is 1. The Labute approximate surface area is 173 Å². The number of amides is 1. The topological polar surface area (TPSA) is 112 Å². The normalized spacial score (nSPS) is 21.4. The average Bonchev–Trinajstić information content (AvgIpc) is 2.70. The predicted molar refractivity (Wildman–Crippen MR) is 116 cm³/mol. The van der Waals surface area contributed by atoms with Crippen molar-refractivity contribution in [2.45, 2.75) is 31.8 Å². The van der Waals surface area contributed by atoms with Gasteiger partial charge in [0.25, 0.3) is 0 Å². The van der Waals surface area contributed by atoms with Crippen molar-refractivity contribution in [2.75, 3.05) is 30.0 Å². The molecule has 2 heterocycles. The maximum absolute atomic E-state index is 12.5. The van der Waals surface area contributed by atoms with Crippen LogP contribution in [0.5, 0.6) is 0 Å². The second-order valence-corrected chi connectivity index (χ2v) is 9.32. The summed E-state index contributed by atoms with van der Waals surface area (Å²) in [4.78, 5) is 19.1. The third-order valence-corrected chi connectivity index (χ3v) is 6.08. The van der Waals surface area contributed by atoms with Crippen molar-refractivity contribution in [3.05, 3.63) is 36.0 Å². The van der Waals surface area contributed by atoms with E-state index in [1.807, 2.05) is 18.2 Å². The number of carbonyl (C=O) groups is 1. The number of piperidine rings is 1. The first-order valence-corrected chi connectivity index (χ1v) is 11.5. The fraction of sp³-hybridized carbons (Fsp3) is 0.476. The first-order valence-electron chi connectivity index (χ1n) is 9.77. The summed E-state index contributed by atoms with van der Waals surface area (Å²) in [6.07, 6.45) is 4.59. The molecular formula is C21H27N5O2S. The molecule has 2 unspecified atom stereocenters. The molecule has 1 amide bonds. The standard InChI is InChI=1S/C21H27N5O2S/c1-14-10-16(25-21(27)18(23)7-9-29(2)28)13-26(12-14)19-6-5-15(11-22)20-17(19)4-3-8-24-20/h3-6,8,14,16,18H,7,9-10,12-13,23H2,1-2H3,(H,25,27)/t14-,16+,18?,29?/m0/s1. The largest absolute Gasteiger partial charge is 0.369 e. The van der Waals surface area contributed by atoms with Crippen molar-refractivity contribution < 1.29 is 9.00 Å². The van der Waals surface area contributed by atoms with Crippen LogP contribution in [0.3, 0.4) is 0 Å². The lowest BCUT2D eigenvalue weighted by atomic mass is 9.94. The van der Waals surface area contributed by atoms with Crippen molar-refractivity contribution in [1.29, 1.82) is 5.26 Å². The van der Waals surface area contributed by atoms with E-state index in [1.165, 1.54) is 0 Å². The zero-order valence-corrected chi connectivity index (χ0v) is 17.6. The van der Waals surface area contributed by atoms with Crippen molar-refractivity contribution in [3.8, 4) is 6.07 Å². The molecule has 0 saturated carbocycles. The van der Waals surface area contributed by atoms with Crippen molar-refractivity contribution in [1.82, 2.24) is 10.3 Å². The summed E-state index contributed by atoms with van der Waals surface area (Å²) in [5.41, 5.74) is 8.24. The third kappa shape index (κ3) is 5.11. The molecule has 3 rings (SSSR count). The summed E-state index contributed by atoms with van der Waals surface area (Å²) in [7, 11) is -0.959. The summed E-state index contributed by atoms with van der Waals surface area (Å²) < 4.78 is 11.2. The van der Waals surface area contributed by atoms with Crippen LogP contribution in [0.1, 0.15) is 25.3 Å². The second-order valence-electron chi connectivity index (χ2n) is 7.77. The highest BCUT2D eigenvalue weighted by atomic mass is 32.2. The molecule has 3 N–H and O–H groups in total. The maximum atomic E-state index is 12.5. The van der Waals surface area contributed by atoms with Gasteiger partial charge in [0.15, 0.2) is 0 Å². The molecule has 0 spiro atoms. The molecule has 1 fully saturated rings. The van der Waals surface area contributed by atoms with Gasteiger partial charge >= 0.3 is 0 Å². The van der Waals surface area contributed by atoms with Crippen LogP contribution in [0, 0.1) is 17.2 Å². The number of carbonyl (C=O) groups excluding carboxylic acids is 1. The van der Waals surface area contributed by atoms with Gasteiger partial charge in [-0.25, -0.2) is 0 Å². The molecule has 4 atom stereocenters. The molecule has 154 valence electrons. The fourth-order valence-corrected chi connectivity index (χ4v) is 4.49. The van der Waals surface area contributed by atoms with Gasteiger partial charge in [0.2, 0.25) is 5.91 Å². The molecule has 1 aliphatic heterocycles. The minimum atomic E-state index is -0.959. The second kappa shape index (κ2) is 9.33. The maximum Gasteiger partial charge on any atom is 0.237 e. The number of nitriles is 1. The number of benzene rings is 1. The molecule has 2 aromatic rings. The van der Waals surface area contributed by atoms with Crippen LogP contribution in [0.4, 0.5) is 5.69 Å². The monoisotopic (exact) mass is 413 g/mol. The van der Waals surface area contributed by atoms with Gasteiger partial charge in [-0.1, -0.05) is 6.92 Å². The van der Waals surface area contributed by atoms with Crippen LogP contribution in [-0.4, -0.2) is 52.3 Å². The fourth-order valence-electron chi connectivity index (χ4n) is 3.91. The van der Waals surface area contributed by atoms with Crippen molar-refractivity contribution >= 4 is 33.3 Å². The summed E-state index contributed by atoms with van der Waals surface area (Å²) in [5.74, 6) is 0.614. The van der Waals surface area contributed by atoms with Crippen LogP contribution < -0.4 is 16.0 Å². The van der Waals surface area contributed by atoms with Gasteiger partial charge in [-0.05, 0) is 43.0 Å². The lowest BCUT2D eigenvalue weighted by molar-refractivity contribution is -0.123. The lowest BCUT2D eigenvalue weighted by Crippen LogP contribution is -2.54. The highest BCUT2D eigenvalue weighted by molar-refractivity contribution is 7.84. The van der Waals surface area contributed by atoms with Gasteiger partial charge in [0.05, 0.1) is 17.1 Å². The van der Waals surface area contributed by atoms with E-state index in [0.717, 1.165) is 24.0 Å². The number of nitrogens with zero attached hydrogens (tertiary/aromatic N) is 3. The Balaban J connectivity index is 1.77. The van der Waals surface area contributed by atoms with Crippen molar-refractivity contribution in [3.63, 3.8) is 0 Å². The average molecular weight is 414 g/mol. The van der Waals surface area contributed by atoms with Gasteiger partial charge < -0.3 is 16.0 Å². The van der Waals surface area contributed by atoms with E-state index in [0.29, 0.717) is 35.7 Å². The molecule has 1 aromatic carbocycles. The number of nitrogens with two attached hydrogens (primary N) is 1. The molecule has 8 heteroatoms. The smallest absolute Gasteiger partial charge is 0.237 e. The van der Waals surface area contributed by atoms with E-state index in [1.54, 1.807) is 18.5 Å². The minimum Gasteiger partial charge on any atom is -0.369 e. The van der Waals surface area contributed by atoms with Crippen LogP contribution in [0.25, 0.3) is 10.9 Å². The Kier molecular flexibility index (Phi) is 6.83. The van der Waals surface area contributed by atoms with Crippen LogP contribution in [0.15, 0.2) is 30.5 Å². The summed E-state index contributed by atoms with van der Waals surface area (Å²) in [6, 6.07) is 9.15. The Hall–Kier alpha value is -2.50. The Morgan fingerprint density at radius 1 is 1.45 bits per heavy atom. The van der Waals surface area contributed by atoms with Crippen molar-refractivity contribution in [2.24, 2.45) is 11.7 Å². The first-order chi connectivity index (χ1) is 13.9. The SMILES string of the molecule is C[C@H]1C[C@@H](NC(=O)C(N)CCS(C)=O)CN(c2ccc(C#N)c3ncccc23)C1. The molecule has 7 nitrogen and oxygen atoms in total. The lowest BCUT2D eigenvalue weighted by Gasteiger charge is -2.39. The molecule has 29 heavy (non-hydrogen) atoms. The summed E-state index contributed by atoms with van der Waals surface area (Å²) in [5, 5.41) is 13.4. The Morgan fingerprint density at radius 2 is 2.24 bits per heavy atom. The van der Waals surface area contributed by atoms with Gasteiger partial charge in [-0.3, -0.25) is 14.0 Å². The van der Waals surface area contributed by atoms with Crippen LogP contribution >= 0.6 is 0 Å².